The summed E-state index contributed by atoms with van der Waals surface area (Å²) in [5.41, 5.74) is 0. The second-order valence-corrected chi connectivity index (χ2v) is 5.18. The molecule has 102 valence electrons. The number of ether oxygens (including phenoxy) is 2. The molecule has 2 N–H and O–H groups in total. The predicted molar refractivity (Wildman–Crippen MR) is 68.1 cm³/mol. The van der Waals surface area contributed by atoms with Gasteiger partial charge in [-0.1, -0.05) is 13.3 Å². The molecule has 1 saturated carbocycles. The van der Waals surface area contributed by atoms with E-state index < -0.39 is 6.10 Å². The van der Waals surface area contributed by atoms with Crippen molar-refractivity contribution in [1.82, 2.24) is 5.32 Å². The van der Waals surface area contributed by atoms with Crippen LogP contribution in [0.4, 0.5) is 0 Å². The number of rotatable bonds is 8. The largest absolute Gasteiger partial charge is 0.389 e. The van der Waals surface area contributed by atoms with Crippen LogP contribution in [0.5, 0.6) is 0 Å². The zero-order chi connectivity index (χ0) is 12.7. The number of methoxy groups -OCH3 is 1. The Morgan fingerprint density at radius 2 is 2.12 bits per heavy atom. The third-order valence-corrected chi connectivity index (χ3v) is 3.45. The van der Waals surface area contributed by atoms with Gasteiger partial charge >= 0.3 is 0 Å². The highest BCUT2D eigenvalue weighted by Gasteiger charge is 2.23. The van der Waals surface area contributed by atoms with E-state index in [0.717, 1.165) is 5.92 Å². The van der Waals surface area contributed by atoms with E-state index in [1.165, 1.54) is 19.3 Å². The maximum Gasteiger partial charge on any atom is 0.0897 e. The molecule has 1 fully saturated rings. The summed E-state index contributed by atoms with van der Waals surface area (Å²) < 4.78 is 10.4. The molecule has 0 aliphatic heterocycles. The van der Waals surface area contributed by atoms with Gasteiger partial charge in [0.05, 0.1) is 25.4 Å². The molecule has 0 spiro atoms. The Morgan fingerprint density at radius 3 is 2.71 bits per heavy atom. The SMILES string of the molecule is COCC(C)OCC(O)CNC1CCCC1C. The van der Waals surface area contributed by atoms with E-state index in [1.54, 1.807) is 7.11 Å². The highest BCUT2D eigenvalue weighted by Crippen LogP contribution is 2.24. The number of nitrogens with one attached hydrogen (secondary N) is 1. The Balaban J connectivity index is 2.06. The molecule has 1 aliphatic rings. The highest BCUT2D eigenvalue weighted by atomic mass is 16.5. The van der Waals surface area contributed by atoms with Crippen molar-refractivity contribution >= 4 is 0 Å². The van der Waals surface area contributed by atoms with E-state index in [0.29, 0.717) is 25.8 Å². The van der Waals surface area contributed by atoms with Crippen molar-refractivity contribution in [3.05, 3.63) is 0 Å². The second kappa shape index (κ2) is 8.03. The van der Waals surface area contributed by atoms with Crippen LogP contribution in [0.2, 0.25) is 0 Å². The summed E-state index contributed by atoms with van der Waals surface area (Å²) >= 11 is 0. The van der Waals surface area contributed by atoms with Crippen molar-refractivity contribution in [3.8, 4) is 0 Å². The van der Waals surface area contributed by atoms with Gasteiger partial charge in [-0.25, -0.2) is 0 Å². The lowest BCUT2D eigenvalue weighted by molar-refractivity contribution is -0.0317. The van der Waals surface area contributed by atoms with E-state index in [-0.39, 0.29) is 6.10 Å². The van der Waals surface area contributed by atoms with E-state index in [2.05, 4.69) is 12.2 Å². The first-order valence-corrected chi connectivity index (χ1v) is 6.65. The first kappa shape index (κ1) is 14.9. The van der Waals surface area contributed by atoms with Crippen LogP contribution in [0.15, 0.2) is 0 Å². The molecule has 4 unspecified atom stereocenters. The average molecular weight is 245 g/mol. The average Bonchev–Trinajstić information content (AvgIpc) is 2.70. The molecule has 0 saturated heterocycles. The van der Waals surface area contributed by atoms with Gasteiger partial charge in [0.1, 0.15) is 0 Å². The summed E-state index contributed by atoms with van der Waals surface area (Å²) in [5.74, 6) is 0.732. The molecule has 1 rings (SSSR count). The summed E-state index contributed by atoms with van der Waals surface area (Å²) in [6.07, 6.45) is 3.45. The van der Waals surface area contributed by atoms with Gasteiger partial charge in [-0.15, -0.1) is 0 Å². The zero-order valence-corrected chi connectivity index (χ0v) is 11.3. The molecule has 0 bridgehead atoms. The maximum absolute atomic E-state index is 9.78. The number of aliphatic hydroxyl groups excluding tert-OH is 1. The van der Waals surface area contributed by atoms with Gasteiger partial charge in [-0.3, -0.25) is 0 Å². The lowest BCUT2D eigenvalue weighted by Gasteiger charge is -2.21. The van der Waals surface area contributed by atoms with Gasteiger partial charge in [0.25, 0.3) is 0 Å². The number of hydrogen-bond donors (Lipinski definition) is 2. The van der Waals surface area contributed by atoms with Crippen molar-refractivity contribution in [2.24, 2.45) is 5.92 Å². The van der Waals surface area contributed by atoms with E-state index >= 15 is 0 Å². The third kappa shape index (κ3) is 5.82. The zero-order valence-electron chi connectivity index (χ0n) is 11.3. The Hall–Kier alpha value is -0.160. The Morgan fingerprint density at radius 1 is 1.35 bits per heavy atom. The van der Waals surface area contributed by atoms with Crippen LogP contribution in [0.1, 0.15) is 33.1 Å². The van der Waals surface area contributed by atoms with Crippen LogP contribution in [-0.4, -0.2) is 50.2 Å². The minimum atomic E-state index is -0.429. The van der Waals surface area contributed by atoms with Crippen LogP contribution in [-0.2, 0) is 9.47 Å². The molecule has 0 heterocycles. The fraction of sp³-hybridized carbons (Fsp3) is 1.00. The molecule has 0 amide bonds. The van der Waals surface area contributed by atoms with Crippen LogP contribution in [0, 0.1) is 5.92 Å². The lowest BCUT2D eigenvalue weighted by atomic mass is 10.1. The van der Waals surface area contributed by atoms with Crippen molar-refractivity contribution in [1.29, 1.82) is 0 Å². The lowest BCUT2D eigenvalue weighted by Crippen LogP contribution is -2.39. The maximum atomic E-state index is 9.78. The van der Waals surface area contributed by atoms with Gasteiger partial charge in [0.15, 0.2) is 0 Å². The third-order valence-electron chi connectivity index (χ3n) is 3.45. The minimum absolute atomic E-state index is 0.0417. The van der Waals surface area contributed by atoms with E-state index in [9.17, 15) is 5.11 Å². The van der Waals surface area contributed by atoms with Crippen LogP contribution >= 0.6 is 0 Å². The van der Waals surface area contributed by atoms with Crippen LogP contribution in [0.25, 0.3) is 0 Å². The normalized spacial score (nSPS) is 28.2. The van der Waals surface area contributed by atoms with Crippen molar-refractivity contribution in [3.63, 3.8) is 0 Å². The van der Waals surface area contributed by atoms with E-state index in [1.807, 2.05) is 6.92 Å². The molecule has 17 heavy (non-hydrogen) atoms. The summed E-state index contributed by atoms with van der Waals surface area (Å²) in [4.78, 5) is 0. The summed E-state index contributed by atoms with van der Waals surface area (Å²) in [6, 6.07) is 0.570. The van der Waals surface area contributed by atoms with E-state index in [4.69, 9.17) is 9.47 Å². The van der Waals surface area contributed by atoms with Crippen molar-refractivity contribution in [2.45, 2.75) is 51.4 Å². The van der Waals surface area contributed by atoms with Crippen LogP contribution in [0.3, 0.4) is 0 Å². The molecule has 4 nitrogen and oxygen atoms in total. The van der Waals surface area contributed by atoms with Gasteiger partial charge < -0.3 is 19.9 Å². The molecule has 0 radical (unpaired) electrons. The predicted octanol–water partition coefficient (Wildman–Crippen LogP) is 1.18. The molecule has 0 aromatic carbocycles. The summed E-state index contributed by atoms with van der Waals surface area (Å²) in [6.45, 7) is 5.78. The molecular formula is C13H27NO3. The first-order valence-electron chi connectivity index (χ1n) is 6.65. The number of hydrogen-bond acceptors (Lipinski definition) is 4. The van der Waals surface area contributed by atoms with Gasteiger partial charge in [-0.05, 0) is 25.7 Å². The van der Waals surface area contributed by atoms with Crippen molar-refractivity contribution in [2.75, 3.05) is 26.9 Å². The Bertz CT molecular complexity index is 201. The monoisotopic (exact) mass is 245 g/mol. The standard InChI is InChI=1S/C13H27NO3/c1-10-5-4-6-13(10)14-7-12(15)9-17-11(2)8-16-3/h10-15H,4-9H2,1-3H3. The molecule has 0 aromatic rings. The smallest absolute Gasteiger partial charge is 0.0897 e. The topological polar surface area (TPSA) is 50.7 Å². The Labute approximate surface area is 105 Å². The fourth-order valence-corrected chi connectivity index (χ4v) is 2.35. The molecule has 0 aromatic heterocycles. The molecule has 4 atom stereocenters. The first-order chi connectivity index (χ1) is 8.13. The van der Waals surface area contributed by atoms with Gasteiger partial charge in [0.2, 0.25) is 0 Å². The highest BCUT2D eigenvalue weighted by molar-refractivity contribution is 4.80. The van der Waals surface area contributed by atoms with Crippen molar-refractivity contribution < 1.29 is 14.6 Å². The minimum Gasteiger partial charge on any atom is -0.389 e. The summed E-state index contributed by atoms with van der Waals surface area (Å²) in [7, 11) is 1.65. The quantitative estimate of drug-likeness (QED) is 0.674. The van der Waals surface area contributed by atoms with Gasteiger partial charge in [-0.2, -0.15) is 0 Å². The fourth-order valence-electron chi connectivity index (χ4n) is 2.35. The van der Waals surface area contributed by atoms with Crippen LogP contribution < -0.4 is 5.32 Å². The molecular weight excluding hydrogens is 218 g/mol. The summed E-state index contributed by atoms with van der Waals surface area (Å²) in [5, 5.41) is 13.2. The second-order valence-electron chi connectivity index (χ2n) is 5.18. The molecule has 1 aliphatic carbocycles. The number of aliphatic hydroxyl groups is 1. The Kier molecular flexibility index (Phi) is 7.04. The van der Waals surface area contributed by atoms with Gasteiger partial charge in [0, 0.05) is 19.7 Å². The molecule has 4 heteroatoms.